The van der Waals surface area contributed by atoms with Crippen molar-refractivity contribution < 1.29 is 9.59 Å². The fourth-order valence-electron chi connectivity index (χ4n) is 3.27. The van der Waals surface area contributed by atoms with E-state index in [1.54, 1.807) is 6.08 Å². The maximum atomic E-state index is 12.5. The third kappa shape index (κ3) is 5.30. The zero-order chi connectivity index (χ0) is 19.1. The van der Waals surface area contributed by atoms with Crippen molar-refractivity contribution in [2.45, 2.75) is 26.2 Å². The van der Waals surface area contributed by atoms with Crippen molar-refractivity contribution in [3.8, 4) is 0 Å². The van der Waals surface area contributed by atoms with Crippen molar-refractivity contribution in [1.29, 1.82) is 0 Å². The molecule has 0 bridgehead atoms. The van der Waals surface area contributed by atoms with Crippen LogP contribution in [0, 0.1) is 5.92 Å². The highest BCUT2D eigenvalue weighted by Gasteiger charge is 2.26. The molecule has 1 saturated heterocycles. The third-order valence-corrected chi connectivity index (χ3v) is 5.03. The van der Waals surface area contributed by atoms with Crippen LogP contribution in [0.2, 0.25) is 0 Å². The number of nitrogens with zero attached hydrogens (tertiary/aromatic N) is 1. The molecule has 0 radical (unpaired) electrons. The molecule has 2 amide bonds. The van der Waals surface area contributed by atoms with E-state index in [0.717, 1.165) is 17.7 Å². The van der Waals surface area contributed by atoms with Gasteiger partial charge in [0.25, 0.3) is 0 Å². The number of carbonyl (C=O) groups is 2. The summed E-state index contributed by atoms with van der Waals surface area (Å²) in [5.41, 5.74) is 3.10. The predicted octanol–water partition coefficient (Wildman–Crippen LogP) is 4.14. The molecule has 4 nitrogen and oxygen atoms in total. The van der Waals surface area contributed by atoms with Gasteiger partial charge in [-0.3, -0.25) is 9.59 Å². The quantitative estimate of drug-likeness (QED) is 0.813. The number of hydrogen-bond donors (Lipinski definition) is 1. The highest BCUT2D eigenvalue weighted by atomic mass is 16.2. The summed E-state index contributed by atoms with van der Waals surface area (Å²) in [6.45, 7) is 3.34. The summed E-state index contributed by atoms with van der Waals surface area (Å²) in [5, 5.41) is 3.00. The molecule has 0 spiro atoms. The number of amides is 2. The summed E-state index contributed by atoms with van der Waals surface area (Å²) >= 11 is 0. The van der Waals surface area contributed by atoms with Gasteiger partial charge in [-0.1, -0.05) is 49.4 Å². The minimum absolute atomic E-state index is 0.00728. The Morgan fingerprint density at radius 3 is 2.33 bits per heavy atom. The number of piperidine rings is 1. The van der Waals surface area contributed by atoms with E-state index in [2.05, 4.69) is 12.2 Å². The van der Waals surface area contributed by atoms with Crippen LogP contribution in [0.3, 0.4) is 0 Å². The smallest absolute Gasteiger partial charge is 0.246 e. The van der Waals surface area contributed by atoms with Gasteiger partial charge < -0.3 is 10.2 Å². The van der Waals surface area contributed by atoms with Crippen molar-refractivity contribution in [2.75, 3.05) is 18.4 Å². The molecule has 0 aliphatic carbocycles. The van der Waals surface area contributed by atoms with Gasteiger partial charge in [0, 0.05) is 30.8 Å². The average Bonchev–Trinajstić information content (AvgIpc) is 2.73. The second-order valence-corrected chi connectivity index (χ2v) is 6.88. The Kier molecular flexibility index (Phi) is 6.42. The van der Waals surface area contributed by atoms with E-state index in [1.165, 1.54) is 5.56 Å². The van der Waals surface area contributed by atoms with Crippen LogP contribution in [-0.2, 0) is 16.0 Å². The van der Waals surface area contributed by atoms with Crippen LogP contribution in [0.15, 0.2) is 60.7 Å². The molecule has 1 heterocycles. The van der Waals surface area contributed by atoms with Gasteiger partial charge in [0.15, 0.2) is 0 Å². The van der Waals surface area contributed by atoms with Crippen LogP contribution in [0.4, 0.5) is 5.69 Å². The molecular formula is C23H26N2O2. The largest absolute Gasteiger partial charge is 0.339 e. The van der Waals surface area contributed by atoms with E-state index in [9.17, 15) is 9.59 Å². The average molecular weight is 362 g/mol. The maximum Gasteiger partial charge on any atom is 0.246 e. The number of hydrogen-bond acceptors (Lipinski definition) is 2. The van der Waals surface area contributed by atoms with Gasteiger partial charge >= 0.3 is 0 Å². The zero-order valence-corrected chi connectivity index (χ0v) is 15.7. The lowest BCUT2D eigenvalue weighted by Gasteiger charge is -2.30. The summed E-state index contributed by atoms with van der Waals surface area (Å²) in [6.07, 6.45) is 5.83. The summed E-state index contributed by atoms with van der Waals surface area (Å²) in [5.74, 6) is 0.0112. The zero-order valence-electron chi connectivity index (χ0n) is 15.7. The topological polar surface area (TPSA) is 49.4 Å². The first kappa shape index (κ1) is 18.9. The monoisotopic (exact) mass is 362 g/mol. The van der Waals surface area contributed by atoms with Gasteiger partial charge in [-0.25, -0.2) is 0 Å². The van der Waals surface area contributed by atoms with Crippen molar-refractivity contribution >= 4 is 23.6 Å². The van der Waals surface area contributed by atoms with Crippen molar-refractivity contribution in [1.82, 2.24) is 4.90 Å². The van der Waals surface area contributed by atoms with Gasteiger partial charge in [-0.05, 0) is 48.6 Å². The number of benzene rings is 2. The van der Waals surface area contributed by atoms with Crippen molar-refractivity contribution in [3.05, 3.63) is 71.8 Å². The molecular weight excluding hydrogens is 336 g/mol. The molecule has 0 unspecified atom stereocenters. The van der Waals surface area contributed by atoms with Crippen molar-refractivity contribution in [3.63, 3.8) is 0 Å². The minimum atomic E-state index is -0.0435. The fraction of sp³-hybridized carbons (Fsp3) is 0.304. The molecule has 27 heavy (non-hydrogen) atoms. The number of aryl methyl sites for hydroxylation is 1. The molecule has 1 aliphatic rings. The van der Waals surface area contributed by atoms with E-state index < -0.39 is 0 Å². The molecule has 0 saturated carbocycles. The second kappa shape index (κ2) is 9.17. The van der Waals surface area contributed by atoms with Gasteiger partial charge in [0.2, 0.25) is 11.8 Å². The molecule has 1 aliphatic heterocycles. The maximum absolute atomic E-state index is 12.5. The number of carbonyl (C=O) groups excluding carboxylic acids is 2. The summed E-state index contributed by atoms with van der Waals surface area (Å²) in [4.78, 5) is 26.6. The molecule has 0 aromatic heterocycles. The van der Waals surface area contributed by atoms with E-state index in [0.29, 0.717) is 25.9 Å². The first-order valence-electron chi connectivity index (χ1n) is 9.57. The van der Waals surface area contributed by atoms with Gasteiger partial charge in [-0.2, -0.15) is 0 Å². The highest BCUT2D eigenvalue weighted by Crippen LogP contribution is 2.20. The Balaban J connectivity index is 1.48. The Labute approximate surface area is 160 Å². The normalized spacial score (nSPS) is 15.1. The Bertz CT molecular complexity index is 789. The molecule has 0 atom stereocenters. The molecule has 4 heteroatoms. The second-order valence-electron chi connectivity index (χ2n) is 6.88. The number of likely N-dealkylation sites (tertiary alicyclic amines) is 1. The van der Waals surface area contributed by atoms with Gasteiger partial charge in [-0.15, -0.1) is 0 Å². The standard InChI is InChI=1S/C23H26N2O2/c1-2-18-8-11-21(12-9-18)24-23(27)20-14-16-25(17-15-20)22(26)13-10-19-6-4-3-5-7-19/h3-13,20H,2,14-17H2,1H3,(H,24,27)/b13-10+. The van der Waals surface area contributed by atoms with Crippen LogP contribution < -0.4 is 5.32 Å². The fourth-order valence-corrected chi connectivity index (χ4v) is 3.27. The van der Waals surface area contributed by atoms with E-state index in [-0.39, 0.29) is 17.7 Å². The summed E-state index contributed by atoms with van der Waals surface area (Å²) in [6, 6.07) is 17.8. The summed E-state index contributed by atoms with van der Waals surface area (Å²) in [7, 11) is 0. The van der Waals surface area contributed by atoms with Crippen LogP contribution >= 0.6 is 0 Å². The lowest BCUT2D eigenvalue weighted by atomic mass is 9.95. The van der Waals surface area contributed by atoms with Crippen LogP contribution in [0.5, 0.6) is 0 Å². The highest BCUT2D eigenvalue weighted by molar-refractivity contribution is 5.94. The van der Waals surface area contributed by atoms with Crippen LogP contribution in [0.25, 0.3) is 6.08 Å². The lowest BCUT2D eigenvalue weighted by Crippen LogP contribution is -2.40. The lowest BCUT2D eigenvalue weighted by molar-refractivity contribution is -0.130. The molecule has 1 N–H and O–H groups in total. The Morgan fingerprint density at radius 1 is 1.04 bits per heavy atom. The Hall–Kier alpha value is -2.88. The van der Waals surface area contributed by atoms with Crippen molar-refractivity contribution in [2.24, 2.45) is 5.92 Å². The first-order valence-corrected chi connectivity index (χ1v) is 9.57. The van der Waals surface area contributed by atoms with Crippen LogP contribution in [0.1, 0.15) is 30.9 Å². The van der Waals surface area contributed by atoms with Gasteiger partial charge in [0.05, 0.1) is 0 Å². The molecule has 140 valence electrons. The third-order valence-electron chi connectivity index (χ3n) is 5.03. The first-order chi connectivity index (χ1) is 13.2. The van der Waals surface area contributed by atoms with Crippen LogP contribution in [-0.4, -0.2) is 29.8 Å². The van der Waals surface area contributed by atoms with E-state index >= 15 is 0 Å². The molecule has 2 aromatic carbocycles. The molecule has 1 fully saturated rings. The number of anilines is 1. The van der Waals surface area contributed by atoms with E-state index in [4.69, 9.17) is 0 Å². The predicted molar refractivity (Wildman–Crippen MR) is 109 cm³/mol. The number of nitrogens with one attached hydrogen (secondary N) is 1. The minimum Gasteiger partial charge on any atom is -0.339 e. The van der Waals surface area contributed by atoms with Gasteiger partial charge in [0.1, 0.15) is 0 Å². The summed E-state index contributed by atoms with van der Waals surface area (Å²) < 4.78 is 0. The Morgan fingerprint density at radius 2 is 1.70 bits per heavy atom. The van der Waals surface area contributed by atoms with E-state index in [1.807, 2.05) is 65.6 Å². The number of rotatable bonds is 5. The molecule has 3 rings (SSSR count). The molecule has 2 aromatic rings. The SMILES string of the molecule is CCc1ccc(NC(=O)C2CCN(C(=O)/C=C/c3ccccc3)CC2)cc1.